The zero-order valence-electron chi connectivity index (χ0n) is 21.8. The second-order valence-electron chi connectivity index (χ2n) is 7.53. The van der Waals surface area contributed by atoms with Gasteiger partial charge in [0.15, 0.2) is 5.76 Å². The summed E-state index contributed by atoms with van der Waals surface area (Å²) in [6.07, 6.45) is 4.20. The molecule has 0 fully saturated rings. The maximum absolute atomic E-state index is 10.8. The highest BCUT2D eigenvalue weighted by atomic mass is 35.5. The van der Waals surface area contributed by atoms with Crippen molar-refractivity contribution in [3.8, 4) is 11.5 Å². The van der Waals surface area contributed by atoms with Crippen LogP contribution in [-0.4, -0.2) is 36.3 Å². The van der Waals surface area contributed by atoms with Gasteiger partial charge in [-0.3, -0.25) is 4.79 Å². The number of aryl methyl sites for hydroxylation is 1. The molecule has 0 aliphatic heterocycles. The Balaban J connectivity index is 0.00000316. The first kappa shape index (κ1) is 31.1. The zero-order valence-corrected chi connectivity index (χ0v) is 23.4. The fourth-order valence-electron chi connectivity index (χ4n) is 3.11. The lowest BCUT2D eigenvalue weighted by Crippen LogP contribution is -2.16. The van der Waals surface area contributed by atoms with Gasteiger partial charge in [-0.2, -0.15) is 0 Å². The van der Waals surface area contributed by atoms with Gasteiger partial charge in [-0.05, 0) is 75.7 Å². The van der Waals surface area contributed by atoms with Gasteiger partial charge >= 0.3 is 5.97 Å². The number of nitrogens with zero attached hydrogens (tertiary/aromatic N) is 1. The molecule has 0 aromatic heterocycles. The normalized spacial score (nSPS) is 12.2. The van der Waals surface area contributed by atoms with Gasteiger partial charge in [0, 0.05) is 34.2 Å². The molecule has 2 aromatic carbocycles. The van der Waals surface area contributed by atoms with Crippen LogP contribution in [0.4, 0.5) is 0 Å². The van der Waals surface area contributed by atoms with E-state index in [1.54, 1.807) is 12.1 Å². The van der Waals surface area contributed by atoms with E-state index in [4.69, 9.17) is 31.0 Å². The second kappa shape index (κ2) is 16.7. The molecule has 36 heavy (non-hydrogen) atoms. The lowest BCUT2D eigenvalue weighted by molar-refractivity contribution is -0.133. The van der Waals surface area contributed by atoms with Crippen molar-refractivity contribution in [2.45, 2.75) is 59.0 Å². The summed E-state index contributed by atoms with van der Waals surface area (Å²) >= 11 is 7.54. The van der Waals surface area contributed by atoms with Crippen LogP contribution in [0.1, 0.15) is 52.2 Å². The molecule has 0 radical (unpaired) electrons. The van der Waals surface area contributed by atoms with Crippen LogP contribution in [0.15, 0.2) is 64.4 Å². The summed E-state index contributed by atoms with van der Waals surface area (Å²) in [5, 5.41) is 13.0. The smallest absolute Gasteiger partial charge is 0.313 e. The Hall–Kier alpha value is -2.90. The maximum Gasteiger partial charge on any atom is 0.313 e. The minimum atomic E-state index is -0.837. The van der Waals surface area contributed by atoms with Crippen molar-refractivity contribution < 1.29 is 24.2 Å². The van der Waals surface area contributed by atoms with Gasteiger partial charge in [0.2, 0.25) is 0 Å². The van der Waals surface area contributed by atoms with Crippen LogP contribution in [0.2, 0.25) is 5.02 Å². The lowest BCUT2D eigenvalue weighted by atomic mass is 10.0. The number of ether oxygens (including phenoxy) is 2. The van der Waals surface area contributed by atoms with E-state index >= 15 is 0 Å². The molecule has 0 saturated heterocycles. The molecule has 1 unspecified atom stereocenters. The third kappa shape index (κ3) is 10.4. The highest BCUT2D eigenvalue weighted by Gasteiger charge is 2.14. The number of carbonyl (C=O) groups is 1. The SMILES string of the molecule is C=NOC(/C=C\C)=C(/C)c1cc(Cl)ccc1OC(C)CCOc1ccc(SCC(=O)O)c(C)c1.CC. The Kier molecular flexibility index (Phi) is 14.5. The number of carboxylic acid groups (broad SMARTS) is 1. The van der Waals surface area contributed by atoms with Gasteiger partial charge in [-0.25, -0.2) is 0 Å². The number of thioether (sulfide) groups is 1. The third-order valence-corrected chi connectivity index (χ3v) is 6.21. The van der Waals surface area contributed by atoms with Crippen molar-refractivity contribution in [1.82, 2.24) is 0 Å². The second-order valence-corrected chi connectivity index (χ2v) is 8.98. The molecule has 0 aliphatic carbocycles. The average Bonchev–Trinajstić information content (AvgIpc) is 2.85. The van der Waals surface area contributed by atoms with Crippen LogP contribution in [0.3, 0.4) is 0 Å². The van der Waals surface area contributed by atoms with Crippen molar-refractivity contribution in [2.24, 2.45) is 5.16 Å². The number of oxime groups is 1. The Labute approximate surface area is 224 Å². The molecule has 0 heterocycles. The number of allylic oxidation sites excluding steroid dienone is 3. The minimum absolute atomic E-state index is 0.0314. The van der Waals surface area contributed by atoms with E-state index < -0.39 is 5.97 Å². The quantitative estimate of drug-likeness (QED) is 0.0923. The number of benzene rings is 2. The first-order valence-corrected chi connectivity index (χ1v) is 13.1. The largest absolute Gasteiger partial charge is 0.493 e. The number of carboxylic acids is 1. The van der Waals surface area contributed by atoms with Crippen LogP contribution < -0.4 is 9.47 Å². The molecule has 196 valence electrons. The number of hydrogen-bond acceptors (Lipinski definition) is 6. The van der Waals surface area contributed by atoms with Gasteiger partial charge in [-0.15, -0.1) is 11.8 Å². The number of halogens is 1. The molecular formula is C28H36ClNO5S. The van der Waals surface area contributed by atoms with Crippen LogP contribution >= 0.6 is 23.4 Å². The van der Waals surface area contributed by atoms with Gasteiger partial charge in [-0.1, -0.05) is 36.7 Å². The van der Waals surface area contributed by atoms with Crippen LogP contribution in [0.5, 0.6) is 11.5 Å². The summed E-state index contributed by atoms with van der Waals surface area (Å²) in [4.78, 5) is 17.0. The highest BCUT2D eigenvalue weighted by Crippen LogP contribution is 2.33. The van der Waals surface area contributed by atoms with Crippen LogP contribution in [-0.2, 0) is 9.63 Å². The van der Waals surface area contributed by atoms with E-state index in [2.05, 4.69) is 11.9 Å². The zero-order chi connectivity index (χ0) is 27.1. The van der Waals surface area contributed by atoms with Crippen molar-refractivity contribution in [3.05, 3.63) is 70.5 Å². The molecule has 1 N–H and O–H groups in total. The molecule has 2 aromatic rings. The Morgan fingerprint density at radius 1 is 1.25 bits per heavy atom. The molecule has 0 aliphatic rings. The van der Waals surface area contributed by atoms with Gasteiger partial charge in [0.25, 0.3) is 0 Å². The van der Waals surface area contributed by atoms with E-state index in [9.17, 15) is 4.79 Å². The number of hydrogen-bond donors (Lipinski definition) is 1. The summed E-state index contributed by atoms with van der Waals surface area (Å²) in [5.41, 5.74) is 2.61. The number of aliphatic carboxylic acids is 1. The minimum Gasteiger partial charge on any atom is -0.493 e. The molecule has 2 rings (SSSR count). The standard InChI is InChI=1S/C26H30ClNO5S.C2H6/c1-6-7-23(33-28-5)19(4)22-15-20(27)8-10-24(22)32-18(3)12-13-31-21-9-11-25(17(2)14-21)34-16-26(29)30;1-2/h6-11,14-15,18H,5,12-13,16H2,1-4H3,(H,29,30);1-2H3/b7-6-,23-19-;. The fraction of sp³-hybridized carbons (Fsp3) is 0.357. The Morgan fingerprint density at radius 2 is 1.97 bits per heavy atom. The molecule has 0 spiro atoms. The average molecular weight is 534 g/mol. The van der Waals surface area contributed by atoms with Gasteiger partial charge in [0.05, 0.1) is 18.5 Å². The highest BCUT2D eigenvalue weighted by molar-refractivity contribution is 8.00. The van der Waals surface area contributed by atoms with E-state index in [1.807, 2.05) is 78.0 Å². The van der Waals surface area contributed by atoms with Crippen molar-refractivity contribution in [2.75, 3.05) is 12.4 Å². The predicted molar refractivity (Wildman–Crippen MR) is 151 cm³/mol. The Bertz CT molecular complexity index is 1070. The molecular weight excluding hydrogens is 498 g/mol. The van der Waals surface area contributed by atoms with Crippen LogP contribution in [0, 0.1) is 6.92 Å². The third-order valence-electron chi connectivity index (χ3n) is 4.81. The van der Waals surface area contributed by atoms with Crippen molar-refractivity contribution in [1.29, 1.82) is 0 Å². The van der Waals surface area contributed by atoms with E-state index in [0.29, 0.717) is 29.6 Å². The fourth-order valence-corrected chi connectivity index (χ4v) is 4.01. The van der Waals surface area contributed by atoms with E-state index in [0.717, 1.165) is 27.3 Å². The maximum atomic E-state index is 10.8. The van der Waals surface area contributed by atoms with Crippen LogP contribution in [0.25, 0.3) is 5.57 Å². The molecule has 0 bridgehead atoms. The predicted octanol–water partition coefficient (Wildman–Crippen LogP) is 8.03. The lowest BCUT2D eigenvalue weighted by Gasteiger charge is -2.19. The molecule has 8 heteroatoms. The summed E-state index contributed by atoms with van der Waals surface area (Å²) < 4.78 is 12.1. The van der Waals surface area contributed by atoms with E-state index in [-0.39, 0.29) is 11.9 Å². The van der Waals surface area contributed by atoms with Crippen molar-refractivity contribution in [3.63, 3.8) is 0 Å². The summed E-state index contributed by atoms with van der Waals surface area (Å²) in [6.45, 7) is 15.6. The molecule has 1 atom stereocenters. The summed E-state index contributed by atoms with van der Waals surface area (Å²) in [7, 11) is 0. The first-order valence-electron chi connectivity index (χ1n) is 11.8. The van der Waals surface area contributed by atoms with E-state index in [1.165, 1.54) is 11.8 Å². The van der Waals surface area contributed by atoms with Crippen molar-refractivity contribution >= 4 is 41.6 Å². The molecule has 0 saturated carbocycles. The molecule has 0 amide bonds. The van der Waals surface area contributed by atoms with Gasteiger partial charge in [0.1, 0.15) is 11.5 Å². The summed E-state index contributed by atoms with van der Waals surface area (Å²) in [6, 6.07) is 11.1. The topological polar surface area (TPSA) is 77.3 Å². The summed E-state index contributed by atoms with van der Waals surface area (Å²) in [5.74, 6) is 1.17. The van der Waals surface area contributed by atoms with Gasteiger partial charge < -0.3 is 19.4 Å². The first-order chi connectivity index (χ1) is 17.2. The molecule has 6 nitrogen and oxygen atoms in total. The number of rotatable bonds is 13. The monoisotopic (exact) mass is 533 g/mol. The Morgan fingerprint density at radius 3 is 2.58 bits per heavy atom.